The van der Waals surface area contributed by atoms with Gasteiger partial charge in [0, 0.05) is 49.4 Å². The van der Waals surface area contributed by atoms with Crippen LogP contribution in [0.15, 0.2) is 127 Å². The standard InChI is InChI=1S/C58H82O6.C22H16O3/c1-7-9-11-13-15-17-27-57(28-18-16-14-12-10-8-2)53-41-45(3)19-23-49(53)51-25-21-47(43-55(51)57)48-22-26-52-50-24-20-46(4)42-54(50)58(56(52)44-48,29-31-61-37-39-63-35-33-59-5)30-32-62-38-40-64-36-34-60-6;1-12-3-7-16-17-8-6-15(11-20(17)21(23)19(16)9-12)14-5-4-13(2)18(10-14)22(24)25/h19-26,41-44H,7-18,27-40H2,1-6H3;3-11H,1-2H3,(H,24,25). The molecule has 3 aliphatic rings. The number of fused-ring (bicyclic) bond motifs is 9. The molecule has 0 saturated carbocycles. The number of aryl methyl sites for hydroxylation is 4. The quantitative estimate of drug-likeness (QED) is 0.0388. The van der Waals surface area contributed by atoms with Gasteiger partial charge in [-0.2, -0.15) is 0 Å². The van der Waals surface area contributed by atoms with Crippen LogP contribution in [0.2, 0.25) is 0 Å². The van der Waals surface area contributed by atoms with Crippen molar-refractivity contribution in [1.29, 1.82) is 0 Å². The molecule has 0 heterocycles. The molecule has 0 amide bonds. The van der Waals surface area contributed by atoms with Crippen molar-refractivity contribution in [2.75, 3.05) is 80.3 Å². The maximum absolute atomic E-state index is 12.8. The topological polar surface area (TPSA) is 110 Å². The van der Waals surface area contributed by atoms with E-state index in [4.69, 9.17) is 28.4 Å². The summed E-state index contributed by atoms with van der Waals surface area (Å²) in [5.41, 5.74) is 23.5. The van der Waals surface area contributed by atoms with Crippen molar-refractivity contribution in [2.24, 2.45) is 0 Å². The zero-order chi connectivity index (χ0) is 62.8. The summed E-state index contributed by atoms with van der Waals surface area (Å²) in [7, 11) is 3.40. The minimum atomic E-state index is -0.945. The second kappa shape index (κ2) is 32.4. The number of carboxylic acids is 1. The number of hydrogen-bond acceptors (Lipinski definition) is 8. The van der Waals surface area contributed by atoms with Gasteiger partial charge in [0.15, 0.2) is 5.78 Å². The molecule has 0 saturated heterocycles. The van der Waals surface area contributed by atoms with Gasteiger partial charge in [-0.1, -0.05) is 205 Å². The average Bonchev–Trinajstić information content (AvgIpc) is 1.59. The number of aromatic carboxylic acids is 1. The molecule has 0 bridgehead atoms. The largest absolute Gasteiger partial charge is 0.478 e. The Morgan fingerprint density at radius 2 is 0.708 bits per heavy atom. The van der Waals surface area contributed by atoms with Crippen molar-refractivity contribution >= 4 is 11.8 Å². The summed E-state index contributed by atoms with van der Waals surface area (Å²) in [5, 5.41) is 9.32. The molecule has 7 aromatic carbocycles. The molecule has 0 atom stereocenters. The summed E-state index contributed by atoms with van der Waals surface area (Å²) in [6, 6.07) is 46.2. The summed E-state index contributed by atoms with van der Waals surface area (Å²) in [6.07, 6.45) is 20.0. The number of ketones is 1. The first-order valence-corrected chi connectivity index (χ1v) is 33.3. The highest BCUT2D eigenvalue weighted by atomic mass is 16.5. The SMILES string of the molecule is CCCCCCCCC1(CCCCCCCC)c2cc(C)ccc2-c2ccc(-c3ccc4c(c3)C(CCOCCOCCOC)(CCOCCOCCOC)c3cc(C)ccc3-4)cc21.Cc1ccc2c(c1)C(=O)c1cc(-c3ccc(C)c(C(=O)O)c3)ccc1-2. The Morgan fingerprint density at radius 3 is 1.18 bits per heavy atom. The Hall–Kier alpha value is -6.56. The monoisotopic (exact) mass is 1200 g/mol. The zero-order valence-corrected chi connectivity index (χ0v) is 54.7. The molecule has 0 aliphatic heterocycles. The number of benzene rings is 7. The van der Waals surface area contributed by atoms with Crippen LogP contribution < -0.4 is 0 Å². The minimum Gasteiger partial charge on any atom is -0.478 e. The van der Waals surface area contributed by atoms with Crippen LogP contribution in [0.5, 0.6) is 0 Å². The van der Waals surface area contributed by atoms with Gasteiger partial charge in [-0.3, -0.25) is 4.79 Å². The van der Waals surface area contributed by atoms with Crippen molar-refractivity contribution < 1.29 is 43.1 Å². The van der Waals surface area contributed by atoms with E-state index in [9.17, 15) is 14.7 Å². The second-order valence-electron chi connectivity index (χ2n) is 25.2. The molecular formula is C80H98O9. The summed E-state index contributed by atoms with van der Waals surface area (Å²) in [4.78, 5) is 24.1. The molecular weight excluding hydrogens is 1100 g/mol. The fourth-order valence-corrected chi connectivity index (χ4v) is 14.1. The third-order valence-corrected chi connectivity index (χ3v) is 19.0. The normalized spacial score (nSPS) is 13.6. The molecule has 0 fully saturated rings. The van der Waals surface area contributed by atoms with Crippen LogP contribution in [0.1, 0.15) is 187 Å². The van der Waals surface area contributed by atoms with Gasteiger partial charge in [-0.15, -0.1) is 0 Å². The van der Waals surface area contributed by atoms with Gasteiger partial charge in [-0.25, -0.2) is 4.79 Å². The molecule has 10 rings (SSSR count). The van der Waals surface area contributed by atoms with E-state index in [1.165, 1.54) is 146 Å². The Balaban J connectivity index is 0.000000310. The molecule has 9 nitrogen and oxygen atoms in total. The number of carbonyl (C=O) groups is 2. The maximum Gasteiger partial charge on any atom is 0.335 e. The maximum atomic E-state index is 12.8. The number of rotatable bonds is 35. The van der Waals surface area contributed by atoms with Gasteiger partial charge in [-0.05, 0) is 167 Å². The van der Waals surface area contributed by atoms with Crippen LogP contribution in [0, 0.1) is 27.7 Å². The molecule has 89 heavy (non-hydrogen) atoms. The summed E-state index contributed by atoms with van der Waals surface area (Å²) >= 11 is 0. The van der Waals surface area contributed by atoms with E-state index in [0.29, 0.717) is 71.6 Å². The second-order valence-corrected chi connectivity index (χ2v) is 25.2. The smallest absolute Gasteiger partial charge is 0.335 e. The van der Waals surface area contributed by atoms with Crippen LogP contribution in [0.25, 0.3) is 55.6 Å². The van der Waals surface area contributed by atoms with E-state index in [0.717, 1.165) is 51.8 Å². The number of methoxy groups -OCH3 is 2. The summed E-state index contributed by atoms with van der Waals surface area (Å²) in [6.45, 7) is 18.7. The molecule has 0 spiro atoms. The minimum absolute atomic E-state index is 0.0288. The number of carbonyl (C=O) groups excluding carboxylic acids is 1. The first kappa shape index (κ1) is 66.8. The fourth-order valence-electron chi connectivity index (χ4n) is 14.1. The van der Waals surface area contributed by atoms with Crippen molar-refractivity contribution in [3.8, 4) is 55.6 Å². The van der Waals surface area contributed by atoms with Gasteiger partial charge in [0.1, 0.15) is 0 Å². The molecule has 0 aromatic heterocycles. The Labute approximate surface area is 531 Å². The predicted molar refractivity (Wildman–Crippen MR) is 363 cm³/mol. The Kier molecular flexibility index (Phi) is 24.4. The average molecular weight is 1200 g/mol. The fraction of sp³-hybridized carbons (Fsp3) is 0.450. The van der Waals surface area contributed by atoms with Gasteiger partial charge in [0.25, 0.3) is 0 Å². The van der Waals surface area contributed by atoms with Crippen LogP contribution in [0.4, 0.5) is 0 Å². The first-order chi connectivity index (χ1) is 43.4. The lowest BCUT2D eigenvalue weighted by Crippen LogP contribution is -2.30. The van der Waals surface area contributed by atoms with Crippen molar-refractivity contribution in [3.63, 3.8) is 0 Å². The number of carboxylic acid groups (broad SMARTS) is 1. The molecule has 3 aliphatic carbocycles. The van der Waals surface area contributed by atoms with Gasteiger partial charge < -0.3 is 33.5 Å². The van der Waals surface area contributed by atoms with Crippen LogP contribution in [0.3, 0.4) is 0 Å². The van der Waals surface area contributed by atoms with Gasteiger partial charge in [0.05, 0.1) is 58.4 Å². The van der Waals surface area contributed by atoms with Crippen molar-refractivity contribution in [3.05, 3.63) is 189 Å². The first-order valence-electron chi connectivity index (χ1n) is 33.3. The number of unbranched alkanes of at least 4 members (excludes halogenated alkanes) is 10. The van der Waals surface area contributed by atoms with Crippen LogP contribution >= 0.6 is 0 Å². The highest BCUT2D eigenvalue weighted by Crippen LogP contribution is 2.57. The molecule has 0 radical (unpaired) electrons. The van der Waals surface area contributed by atoms with E-state index in [2.05, 4.69) is 100 Å². The summed E-state index contributed by atoms with van der Waals surface area (Å²) in [5.74, 6) is -0.916. The van der Waals surface area contributed by atoms with E-state index in [1.54, 1.807) is 44.4 Å². The van der Waals surface area contributed by atoms with Crippen LogP contribution in [-0.2, 0) is 39.3 Å². The Bertz CT molecular complexity index is 3460. The van der Waals surface area contributed by atoms with Crippen LogP contribution in [-0.4, -0.2) is 97.1 Å². The lowest BCUT2D eigenvalue weighted by atomic mass is 9.70. The lowest BCUT2D eigenvalue weighted by Gasteiger charge is -2.34. The molecule has 472 valence electrons. The van der Waals surface area contributed by atoms with Gasteiger partial charge in [0.2, 0.25) is 0 Å². The highest BCUT2D eigenvalue weighted by Gasteiger charge is 2.45. The third kappa shape index (κ3) is 15.8. The van der Waals surface area contributed by atoms with Crippen molar-refractivity contribution in [1.82, 2.24) is 0 Å². The molecule has 7 aromatic rings. The van der Waals surface area contributed by atoms with E-state index >= 15 is 0 Å². The lowest BCUT2D eigenvalue weighted by molar-refractivity contribution is 0.0145. The van der Waals surface area contributed by atoms with E-state index in [1.807, 2.05) is 49.4 Å². The Morgan fingerprint density at radius 1 is 0.360 bits per heavy atom. The molecule has 9 heteroatoms. The predicted octanol–water partition coefficient (Wildman–Crippen LogP) is 19.0. The van der Waals surface area contributed by atoms with E-state index in [-0.39, 0.29) is 22.2 Å². The van der Waals surface area contributed by atoms with E-state index < -0.39 is 5.97 Å². The highest BCUT2D eigenvalue weighted by molar-refractivity contribution is 6.22. The molecule has 0 unspecified atom stereocenters. The molecule has 1 N–H and O–H groups in total. The third-order valence-electron chi connectivity index (χ3n) is 19.0. The number of hydrogen-bond donors (Lipinski definition) is 1. The summed E-state index contributed by atoms with van der Waals surface area (Å²) < 4.78 is 34.6. The zero-order valence-electron chi connectivity index (χ0n) is 54.7. The van der Waals surface area contributed by atoms with Crippen molar-refractivity contribution in [2.45, 2.75) is 155 Å². The van der Waals surface area contributed by atoms with Gasteiger partial charge >= 0.3 is 5.97 Å². The number of ether oxygens (including phenoxy) is 6.